The predicted octanol–water partition coefficient (Wildman–Crippen LogP) is 12.6. The highest BCUT2D eigenvalue weighted by molar-refractivity contribution is 6.13. The first-order valence-corrected chi connectivity index (χ1v) is 15.0. The van der Waals surface area contributed by atoms with E-state index in [0.29, 0.717) is 9.13 Å². The molecular formula is C48H31N3. The molecule has 238 valence electrons. The molecule has 51 heavy (non-hydrogen) atoms. The monoisotopic (exact) mass is 680 g/mol. The average Bonchev–Trinajstić information content (AvgIpc) is 1.91. The summed E-state index contributed by atoms with van der Waals surface area (Å²) in [7, 11) is 0. The van der Waals surface area contributed by atoms with Crippen LogP contribution in [0.4, 0.5) is 0 Å². The summed E-state index contributed by atoms with van der Waals surface area (Å²) in [5, 5.41) is -3.62. The van der Waals surface area contributed by atoms with Crippen molar-refractivity contribution in [3.8, 4) is 28.2 Å². The van der Waals surface area contributed by atoms with Crippen LogP contribution in [-0.2, 0) is 0 Å². The van der Waals surface area contributed by atoms with E-state index in [9.17, 15) is 19.2 Å². The fourth-order valence-electron chi connectivity index (χ4n) is 6.24. The number of benzene rings is 8. The van der Waals surface area contributed by atoms with Gasteiger partial charge in [-0.2, -0.15) is 0 Å². The van der Waals surface area contributed by atoms with E-state index in [2.05, 4.69) is 0 Å². The van der Waals surface area contributed by atoms with Crippen molar-refractivity contribution in [2.45, 2.75) is 0 Å². The molecule has 0 atom stereocenters. The maximum absolute atomic E-state index is 10.1. The molecule has 0 aliphatic carbocycles. The van der Waals surface area contributed by atoms with E-state index in [1.54, 1.807) is 0 Å². The third kappa shape index (κ3) is 4.12. The van der Waals surface area contributed by atoms with E-state index in [1.807, 2.05) is 0 Å². The molecular weight excluding hydrogens is 619 g/mol. The van der Waals surface area contributed by atoms with Crippen LogP contribution in [0, 0.1) is 0 Å². The van der Waals surface area contributed by atoms with Crippen LogP contribution in [0.2, 0.25) is 0 Å². The van der Waals surface area contributed by atoms with Crippen LogP contribution in [0.1, 0.15) is 42.5 Å². The molecule has 0 fully saturated rings. The average molecular weight is 681 g/mol. The van der Waals surface area contributed by atoms with Crippen LogP contribution in [0.15, 0.2) is 187 Å². The number of hydrogen-bond donors (Lipinski definition) is 0. The predicted molar refractivity (Wildman–Crippen MR) is 215 cm³/mol. The first-order chi connectivity index (χ1) is 38.2. The third-order valence-corrected chi connectivity index (χ3v) is 8.35. The molecule has 0 aliphatic heterocycles. The Bertz CT molecular complexity index is 4800. The van der Waals surface area contributed by atoms with Crippen molar-refractivity contribution in [3.05, 3.63) is 187 Å². The Morgan fingerprint density at radius 3 is 1.22 bits per heavy atom. The van der Waals surface area contributed by atoms with E-state index in [4.69, 9.17) is 23.3 Å². The van der Waals surface area contributed by atoms with Gasteiger partial charge in [-0.1, -0.05) is 121 Å². The van der Waals surface area contributed by atoms with Gasteiger partial charge in [0, 0.05) is 49.4 Å². The minimum absolute atomic E-state index is 0.504. The lowest BCUT2D eigenvalue weighted by Crippen LogP contribution is -1.97. The molecule has 0 saturated heterocycles. The maximum Gasteiger partial charge on any atom is 0.0667 e. The molecule has 3 heteroatoms. The molecule has 11 aromatic rings. The lowest BCUT2D eigenvalue weighted by Gasteiger charge is -2.12. The zero-order valence-electron chi connectivity index (χ0n) is 56.3. The summed E-state index contributed by atoms with van der Waals surface area (Å²) in [6.07, 6.45) is 0. The smallest absolute Gasteiger partial charge is 0.0667 e. The Labute approximate surface area is 338 Å². The highest BCUT2D eigenvalue weighted by Crippen LogP contribution is 2.39. The molecule has 0 saturated carbocycles. The maximum atomic E-state index is 10.1. The molecule has 3 aromatic heterocycles. The van der Waals surface area contributed by atoms with Gasteiger partial charge in [0.15, 0.2) is 0 Å². The summed E-state index contributed by atoms with van der Waals surface area (Å²) in [6.45, 7) is 0. The van der Waals surface area contributed by atoms with Crippen LogP contribution in [0.25, 0.3) is 93.6 Å². The lowest BCUT2D eigenvalue weighted by molar-refractivity contribution is 1.15. The molecule has 0 aliphatic rings. The molecule has 0 unspecified atom stereocenters. The number of nitrogens with zero attached hydrogens (tertiary/aromatic N) is 3. The summed E-state index contributed by atoms with van der Waals surface area (Å²) in [6, 6.07) is -29.4. The number of fused-ring (bicyclic) bond motifs is 9. The van der Waals surface area contributed by atoms with Gasteiger partial charge in [-0.05, 0) is 77.6 Å². The first kappa shape index (κ1) is 11.3. The summed E-state index contributed by atoms with van der Waals surface area (Å²) < 4.78 is 282. The van der Waals surface area contributed by atoms with Crippen LogP contribution < -0.4 is 0 Å². The van der Waals surface area contributed by atoms with Crippen LogP contribution in [0.5, 0.6) is 0 Å². The second-order valence-corrected chi connectivity index (χ2v) is 11.0. The van der Waals surface area contributed by atoms with E-state index in [1.165, 1.54) is 0 Å². The van der Waals surface area contributed by atoms with Gasteiger partial charge in [0.05, 0.1) is 75.6 Å². The van der Waals surface area contributed by atoms with Crippen molar-refractivity contribution in [2.75, 3.05) is 0 Å². The van der Waals surface area contributed by atoms with Crippen molar-refractivity contribution in [3.63, 3.8) is 0 Å². The van der Waals surface area contributed by atoms with Crippen molar-refractivity contribution >= 4 is 65.4 Å². The molecule has 3 heterocycles. The second-order valence-electron chi connectivity index (χ2n) is 11.0. The topological polar surface area (TPSA) is 14.8 Å². The van der Waals surface area contributed by atoms with Crippen LogP contribution >= 0.6 is 0 Å². The summed E-state index contributed by atoms with van der Waals surface area (Å²) >= 11 is 0. The molecule has 8 aromatic carbocycles. The number of para-hydroxylation sites is 4. The van der Waals surface area contributed by atoms with Gasteiger partial charge in [-0.3, -0.25) is 0 Å². The SMILES string of the molecule is [2H]c1c([2H])c([2H])c(-c2c([2H])c([2H])c(-n3c4c([2H])c([2H])c([2H])c([2H])c4c4c([2H])c(-n5c6c([2H])c([2H])c([2H])c([2H])c6c6c([2H])c([2H])c(-n7c8c([2H])c([2H])c([2H])c([2H])c8c8c([2H])c([2H])c([2H])c([2H])c87)c([2H])c65)c([2H])c([2H])c43)c([2H])c2[2H])c([2H])c1[2H]. The molecule has 0 bridgehead atoms. The molecule has 0 radical (unpaired) electrons. The standard InChI is InChI=1S/C48H31N3/c1-2-12-32(13-3-1)33-22-24-34(25-23-33)49-46-21-11-7-17-40(46)42-30-35(27-29-47(42)49)51-45-20-10-6-16-39(45)41-28-26-36(31-48(41)51)50-43-18-8-4-14-37(43)38-15-5-9-19-44(38)50/h1-31H/i1D,2D,3D,4D,5D,6D,7D,8D,9D,10D,11D,12D,13D,14D,15D,16D,17D,18D,19D,20D,21D,22D,23D,24D,25D,26D,27D,28D,29D,30D,31D. The summed E-state index contributed by atoms with van der Waals surface area (Å²) in [4.78, 5) is 0. The van der Waals surface area contributed by atoms with Crippen LogP contribution in [0.3, 0.4) is 0 Å². The Kier molecular flexibility index (Phi) is 2.41. The minimum Gasteiger partial charge on any atom is -0.309 e. The van der Waals surface area contributed by atoms with Crippen molar-refractivity contribution in [1.29, 1.82) is 0 Å². The zero-order chi connectivity index (χ0) is 60.4. The fraction of sp³-hybridized carbons (Fsp3) is 0. The van der Waals surface area contributed by atoms with Gasteiger partial charge in [-0.25, -0.2) is 0 Å². The van der Waals surface area contributed by atoms with E-state index in [-0.39, 0.29) is 0 Å². The molecule has 0 N–H and O–H groups in total. The number of aromatic nitrogens is 3. The summed E-state index contributed by atoms with van der Waals surface area (Å²) in [5.74, 6) is 0. The molecule has 0 amide bonds. The van der Waals surface area contributed by atoms with Gasteiger partial charge < -0.3 is 13.7 Å². The van der Waals surface area contributed by atoms with Crippen molar-refractivity contribution in [2.24, 2.45) is 0 Å². The Morgan fingerprint density at radius 1 is 0.255 bits per heavy atom. The Balaban J connectivity index is 1.38. The van der Waals surface area contributed by atoms with Gasteiger partial charge in [0.1, 0.15) is 0 Å². The number of rotatable bonds is 4. The van der Waals surface area contributed by atoms with Gasteiger partial charge >= 0.3 is 0 Å². The third-order valence-electron chi connectivity index (χ3n) is 8.35. The second kappa shape index (κ2) is 10.8. The molecule has 3 nitrogen and oxygen atoms in total. The fourth-order valence-corrected chi connectivity index (χ4v) is 6.24. The number of hydrogen-bond acceptors (Lipinski definition) is 0. The highest BCUT2D eigenvalue weighted by atomic mass is 15.0. The van der Waals surface area contributed by atoms with Gasteiger partial charge in [-0.15, -0.1) is 0 Å². The first-order valence-electron chi connectivity index (χ1n) is 30.5. The Hall–Kier alpha value is -6.84. The van der Waals surface area contributed by atoms with Gasteiger partial charge in [0.25, 0.3) is 0 Å². The van der Waals surface area contributed by atoms with E-state index < -0.39 is 281 Å². The molecule has 0 spiro atoms. The quantitative estimate of drug-likeness (QED) is 0.176. The minimum atomic E-state index is -1.13. The van der Waals surface area contributed by atoms with Crippen molar-refractivity contribution < 1.29 is 42.5 Å². The van der Waals surface area contributed by atoms with Crippen molar-refractivity contribution in [1.82, 2.24) is 13.7 Å². The summed E-state index contributed by atoms with van der Waals surface area (Å²) in [5.41, 5.74) is -8.34. The largest absolute Gasteiger partial charge is 0.309 e. The lowest BCUT2D eigenvalue weighted by atomic mass is 10.1. The normalized spacial score (nSPS) is 20.4. The van der Waals surface area contributed by atoms with E-state index in [0.717, 1.165) is 4.57 Å². The zero-order valence-corrected chi connectivity index (χ0v) is 25.3. The highest BCUT2D eigenvalue weighted by Gasteiger charge is 2.18. The Morgan fingerprint density at radius 2 is 0.627 bits per heavy atom. The van der Waals surface area contributed by atoms with E-state index >= 15 is 0 Å². The molecule has 11 rings (SSSR count). The van der Waals surface area contributed by atoms with Crippen LogP contribution in [-0.4, -0.2) is 13.7 Å². The van der Waals surface area contributed by atoms with Gasteiger partial charge in [0.2, 0.25) is 0 Å².